The molecule has 0 aliphatic carbocycles. The summed E-state index contributed by atoms with van der Waals surface area (Å²) < 4.78 is 33.6. The van der Waals surface area contributed by atoms with E-state index in [0.717, 1.165) is 10.0 Å². The summed E-state index contributed by atoms with van der Waals surface area (Å²) in [4.78, 5) is 19.1. The number of piperidine rings is 1. The van der Waals surface area contributed by atoms with E-state index < -0.39 is 15.9 Å². The second kappa shape index (κ2) is 9.92. The Morgan fingerprint density at radius 1 is 1.27 bits per heavy atom. The molecular weight excluding hydrogens is 532 g/mol. The highest BCUT2D eigenvalue weighted by atomic mass is 79.9. The van der Waals surface area contributed by atoms with E-state index in [9.17, 15) is 13.2 Å². The number of hydrogen-bond donors (Lipinski definition) is 0. The van der Waals surface area contributed by atoms with Crippen LogP contribution in [0, 0.1) is 5.92 Å². The second-order valence-electron chi connectivity index (χ2n) is 7.87. The first-order chi connectivity index (χ1) is 15.7. The van der Waals surface area contributed by atoms with E-state index in [-0.39, 0.29) is 23.9 Å². The number of carbonyl (C=O) groups is 1. The molecule has 2 heterocycles. The van der Waals surface area contributed by atoms with Crippen LogP contribution < -0.4 is 0 Å². The first kappa shape index (κ1) is 23.9. The van der Waals surface area contributed by atoms with Crippen molar-refractivity contribution in [1.82, 2.24) is 19.3 Å². The van der Waals surface area contributed by atoms with Gasteiger partial charge in [0.15, 0.2) is 0 Å². The summed E-state index contributed by atoms with van der Waals surface area (Å²) >= 11 is 9.29. The molecule has 1 aliphatic heterocycles. The molecule has 1 atom stereocenters. The largest absolute Gasteiger partial charge is 0.337 e. The number of amides is 1. The third-order valence-electron chi connectivity index (χ3n) is 5.48. The number of halogens is 2. The highest BCUT2D eigenvalue weighted by molar-refractivity contribution is 9.10. The molecule has 0 saturated carbocycles. The lowest BCUT2D eigenvalue weighted by Gasteiger charge is -2.33. The van der Waals surface area contributed by atoms with Gasteiger partial charge in [0.2, 0.25) is 27.6 Å². The molecule has 0 N–H and O–H groups in total. The van der Waals surface area contributed by atoms with Crippen molar-refractivity contribution in [3.8, 4) is 11.4 Å². The molecule has 2 aromatic carbocycles. The van der Waals surface area contributed by atoms with Crippen molar-refractivity contribution >= 4 is 43.5 Å². The molecule has 174 valence electrons. The van der Waals surface area contributed by atoms with Crippen LogP contribution in [-0.4, -0.2) is 53.8 Å². The maximum absolute atomic E-state index is 13.1. The van der Waals surface area contributed by atoms with E-state index in [1.54, 1.807) is 19.2 Å². The average Bonchev–Trinajstić information content (AvgIpc) is 3.27. The molecule has 0 radical (unpaired) electrons. The van der Waals surface area contributed by atoms with Gasteiger partial charge < -0.3 is 9.42 Å². The topological polar surface area (TPSA) is 96.6 Å². The molecule has 0 spiro atoms. The van der Waals surface area contributed by atoms with Crippen LogP contribution in [0.15, 0.2) is 62.4 Å². The predicted octanol–water partition coefficient (Wildman–Crippen LogP) is 4.21. The summed E-state index contributed by atoms with van der Waals surface area (Å²) in [6.07, 6.45) is 1.22. The normalized spacial score (nSPS) is 17.1. The summed E-state index contributed by atoms with van der Waals surface area (Å²) in [5, 5.41) is 4.46. The van der Waals surface area contributed by atoms with E-state index in [0.29, 0.717) is 36.1 Å². The molecule has 4 rings (SSSR count). The van der Waals surface area contributed by atoms with Gasteiger partial charge in [-0.3, -0.25) is 4.79 Å². The highest BCUT2D eigenvalue weighted by Crippen LogP contribution is 2.26. The molecule has 1 amide bonds. The summed E-state index contributed by atoms with van der Waals surface area (Å²) in [6, 6.07) is 13.6. The third kappa shape index (κ3) is 5.46. The number of aromatic nitrogens is 2. The maximum atomic E-state index is 13.1. The van der Waals surface area contributed by atoms with Crippen LogP contribution in [0.5, 0.6) is 0 Å². The lowest BCUT2D eigenvalue weighted by atomic mass is 9.98. The SMILES string of the molecule is CN(Cc1nc(-c2cccc(Br)c2)no1)C(=O)[C@H]1CCCN(S(=O)(=O)c2ccc(Cl)cc2)C1. The first-order valence-electron chi connectivity index (χ1n) is 10.3. The molecule has 1 fully saturated rings. The Kier molecular flexibility index (Phi) is 7.18. The van der Waals surface area contributed by atoms with Gasteiger partial charge in [-0.25, -0.2) is 8.42 Å². The minimum atomic E-state index is -3.70. The highest BCUT2D eigenvalue weighted by Gasteiger charge is 2.34. The Balaban J connectivity index is 1.42. The Bertz CT molecular complexity index is 1250. The first-order valence-corrected chi connectivity index (χ1v) is 12.9. The molecule has 1 aromatic heterocycles. The Morgan fingerprint density at radius 3 is 2.76 bits per heavy atom. The molecule has 8 nitrogen and oxygen atoms in total. The van der Waals surface area contributed by atoms with Crippen LogP contribution in [-0.2, 0) is 21.4 Å². The van der Waals surface area contributed by atoms with Crippen LogP contribution in [0.1, 0.15) is 18.7 Å². The van der Waals surface area contributed by atoms with Crippen molar-refractivity contribution in [3.05, 3.63) is 63.9 Å². The zero-order valence-corrected chi connectivity index (χ0v) is 21.0. The fraction of sp³-hybridized carbons (Fsp3) is 0.318. The monoisotopic (exact) mass is 552 g/mol. The number of benzene rings is 2. The summed E-state index contributed by atoms with van der Waals surface area (Å²) in [5.74, 6) is 0.138. The van der Waals surface area contributed by atoms with Gasteiger partial charge in [-0.05, 0) is 49.2 Å². The van der Waals surface area contributed by atoms with E-state index in [1.807, 2.05) is 24.3 Å². The van der Waals surface area contributed by atoms with Crippen LogP contribution in [0.2, 0.25) is 5.02 Å². The number of rotatable bonds is 6. The molecule has 3 aromatic rings. The smallest absolute Gasteiger partial charge is 0.246 e. The van der Waals surface area contributed by atoms with Crippen molar-refractivity contribution in [1.29, 1.82) is 0 Å². The zero-order chi connectivity index (χ0) is 23.6. The van der Waals surface area contributed by atoms with Crippen molar-refractivity contribution in [3.63, 3.8) is 0 Å². The summed E-state index contributed by atoms with van der Waals surface area (Å²) in [5.41, 5.74) is 0.795. The van der Waals surface area contributed by atoms with Gasteiger partial charge in [-0.1, -0.05) is 44.8 Å². The number of hydrogen-bond acceptors (Lipinski definition) is 6. The minimum Gasteiger partial charge on any atom is -0.337 e. The van der Waals surface area contributed by atoms with E-state index in [4.69, 9.17) is 16.1 Å². The van der Waals surface area contributed by atoms with E-state index >= 15 is 0 Å². The van der Waals surface area contributed by atoms with Crippen molar-refractivity contribution in [2.45, 2.75) is 24.3 Å². The van der Waals surface area contributed by atoms with Gasteiger partial charge in [0.05, 0.1) is 17.4 Å². The quantitative estimate of drug-likeness (QED) is 0.454. The zero-order valence-electron chi connectivity index (χ0n) is 17.8. The average molecular weight is 554 g/mol. The minimum absolute atomic E-state index is 0.126. The number of sulfonamides is 1. The fourth-order valence-electron chi connectivity index (χ4n) is 3.77. The molecular formula is C22H22BrClN4O4S. The summed E-state index contributed by atoms with van der Waals surface area (Å²) in [7, 11) is -2.05. The molecule has 11 heteroatoms. The van der Waals surface area contributed by atoms with Crippen molar-refractivity contribution in [2.75, 3.05) is 20.1 Å². The third-order valence-corrected chi connectivity index (χ3v) is 8.11. The molecule has 0 unspecified atom stereocenters. The predicted molar refractivity (Wildman–Crippen MR) is 127 cm³/mol. The second-order valence-corrected chi connectivity index (χ2v) is 11.2. The Hall–Kier alpha value is -2.27. The maximum Gasteiger partial charge on any atom is 0.246 e. The van der Waals surface area contributed by atoms with Gasteiger partial charge in [-0.15, -0.1) is 0 Å². The molecule has 1 aliphatic rings. The van der Waals surface area contributed by atoms with E-state index in [2.05, 4.69) is 26.1 Å². The molecule has 0 bridgehead atoms. The lowest BCUT2D eigenvalue weighted by Crippen LogP contribution is -2.45. The van der Waals surface area contributed by atoms with Crippen molar-refractivity contribution < 1.29 is 17.7 Å². The van der Waals surface area contributed by atoms with Crippen LogP contribution in [0.3, 0.4) is 0 Å². The Labute approximate surface area is 205 Å². The molecule has 33 heavy (non-hydrogen) atoms. The van der Waals surface area contributed by atoms with Gasteiger partial charge in [-0.2, -0.15) is 9.29 Å². The lowest BCUT2D eigenvalue weighted by molar-refractivity contribution is -0.136. The number of carbonyl (C=O) groups excluding carboxylic acids is 1. The molecule has 1 saturated heterocycles. The number of nitrogens with zero attached hydrogens (tertiary/aromatic N) is 4. The van der Waals surface area contributed by atoms with Crippen LogP contribution in [0.4, 0.5) is 0 Å². The van der Waals surface area contributed by atoms with Gasteiger partial charge in [0.25, 0.3) is 0 Å². The van der Waals surface area contributed by atoms with Crippen LogP contribution in [0.25, 0.3) is 11.4 Å². The van der Waals surface area contributed by atoms with Gasteiger partial charge in [0, 0.05) is 35.2 Å². The van der Waals surface area contributed by atoms with E-state index in [1.165, 1.54) is 21.3 Å². The van der Waals surface area contributed by atoms with Crippen molar-refractivity contribution in [2.24, 2.45) is 5.92 Å². The Morgan fingerprint density at radius 2 is 2.03 bits per heavy atom. The van der Waals surface area contributed by atoms with Gasteiger partial charge in [0.1, 0.15) is 0 Å². The standard InChI is InChI=1S/C22H22BrClN4O4S/c1-27(14-20-25-21(26-32-20)15-4-2-6-17(23)12-15)22(29)16-5-3-11-28(13-16)33(30,31)19-9-7-18(24)8-10-19/h2,4,6-10,12,16H,3,5,11,13-14H2,1H3/t16-/m0/s1. The summed E-state index contributed by atoms with van der Waals surface area (Å²) in [6.45, 7) is 0.639. The fourth-order valence-corrected chi connectivity index (χ4v) is 5.82. The van der Waals surface area contributed by atoms with Crippen LogP contribution >= 0.6 is 27.5 Å². The van der Waals surface area contributed by atoms with Gasteiger partial charge >= 0.3 is 0 Å².